The Labute approximate surface area is 281 Å². The zero-order valence-electron chi connectivity index (χ0n) is 23.3. The van der Waals surface area contributed by atoms with Crippen molar-refractivity contribution in [2.24, 2.45) is 0 Å². The summed E-state index contributed by atoms with van der Waals surface area (Å²) < 4.78 is 411. The van der Waals surface area contributed by atoms with E-state index < -0.39 is 95.1 Å². The molecular weight excluding hydrogens is 853 g/mol. The summed E-state index contributed by atoms with van der Waals surface area (Å²) in [5, 5.41) is 7.65. The first-order valence-corrected chi connectivity index (χ1v) is 10.0. The topological polar surface area (TPSA) is 37.3 Å². The van der Waals surface area contributed by atoms with Crippen molar-refractivity contribution in [1.29, 1.82) is 0 Å². The van der Waals surface area contributed by atoms with Crippen LogP contribution in [0.25, 0.3) is 0 Å². The molecule has 298 valence electrons. The second-order valence-corrected chi connectivity index (χ2v) is 8.84. The zero-order valence-corrected chi connectivity index (χ0v) is 23.5. The molecule has 0 aromatic rings. The first-order chi connectivity index (χ1) is 20.4. The Morgan fingerprint density at radius 1 is 0.280 bits per heavy atom. The number of rotatable bonds is 14. The predicted molar refractivity (Wildman–Crippen MR) is 90.9 cm³/mol. The largest absolute Gasteiger partial charge is 2.00 e. The van der Waals surface area contributed by atoms with E-state index in [1.165, 1.54) is 0 Å². The molecule has 0 atom stereocenters. The standard InChI is InChI=1S/C16HF31O2.Ca.2H/c17-2(18,1(48)49)3(19,20)4(21,22)5(23,24)6(25,26)7(27,28)8(29,30)9(31,32)10(33,34)11(35,36)12(37,38)13(39,40)14(41,42)15(43,44)16(45,46)47;;;/h(H,48,49);;;/q;+2;2*-1. The molecule has 1 N–H and O–H groups in total. The third-order valence-corrected chi connectivity index (χ3v) is 5.75. The fourth-order valence-corrected chi connectivity index (χ4v) is 2.68. The maximum atomic E-state index is 13.7. The zero-order chi connectivity index (χ0) is 41.1. The first kappa shape index (κ1) is 50.7. The van der Waals surface area contributed by atoms with E-state index in [2.05, 4.69) is 0 Å². The fourth-order valence-electron chi connectivity index (χ4n) is 2.68. The van der Waals surface area contributed by atoms with Gasteiger partial charge in [0.2, 0.25) is 0 Å². The molecule has 0 spiro atoms. The van der Waals surface area contributed by atoms with Gasteiger partial charge in [-0.2, -0.15) is 136 Å². The number of aliphatic carboxylic acids is 1. The average molecular weight is 856 g/mol. The summed E-state index contributed by atoms with van der Waals surface area (Å²) in [7, 11) is 0. The van der Waals surface area contributed by atoms with E-state index in [4.69, 9.17) is 5.11 Å². The molecule has 34 heteroatoms. The molecule has 0 aliphatic heterocycles. The number of hydrogen-bond acceptors (Lipinski definition) is 1. The van der Waals surface area contributed by atoms with Gasteiger partial charge in [-0.3, -0.25) is 0 Å². The van der Waals surface area contributed by atoms with E-state index in [-0.39, 0.29) is 40.6 Å². The van der Waals surface area contributed by atoms with Gasteiger partial charge in [0, 0.05) is 0 Å². The number of carbonyl (C=O) groups is 1. The van der Waals surface area contributed by atoms with E-state index in [1.807, 2.05) is 0 Å². The molecule has 0 aliphatic rings. The molecule has 50 heavy (non-hydrogen) atoms. The molecule has 0 saturated heterocycles. The third kappa shape index (κ3) is 5.67. The number of carboxylic acids is 1. The van der Waals surface area contributed by atoms with Crippen molar-refractivity contribution >= 4 is 43.7 Å². The minimum atomic E-state index is -10.1. The van der Waals surface area contributed by atoms with E-state index >= 15 is 0 Å². The van der Waals surface area contributed by atoms with Gasteiger partial charge < -0.3 is 7.96 Å². The molecule has 0 aromatic heterocycles. The summed E-state index contributed by atoms with van der Waals surface area (Å²) in [6.45, 7) is 0. The van der Waals surface area contributed by atoms with Crippen LogP contribution >= 0.6 is 0 Å². The van der Waals surface area contributed by atoms with Crippen LogP contribution in [0.5, 0.6) is 0 Å². The maximum absolute atomic E-state index is 13.7. The molecule has 0 saturated carbocycles. The average Bonchev–Trinajstić information content (AvgIpc) is 2.86. The van der Waals surface area contributed by atoms with Crippen LogP contribution in [0.15, 0.2) is 0 Å². The van der Waals surface area contributed by atoms with E-state index in [9.17, 15) is 141 Å². The van der Waals surface area contributed by atoms with Gasteiger partial charge in [0.15, 0.2) is 0 Å². The van der Waals surface area contributed by atoms with Crippen molar-refractivity contribution in [3.05, 3.63) is 0 Å². The van der Waals surface area contributed by atoms with Crippen molar-refractivity contribution < 1.29 is 149 Å². The van der Waals surface area contributed by atoms with Crippen LogP contribution < -0.4 is 0 Å². The summed E-state index contributed by atoms with van der Waals surface area (Å²) in [5.74, 6) is -139. The minimum Gasteiger partial charge on any atom is -1.00 e. The van der Waals surface area contributed by atoms with Gasteiger partial charge in [-0.05, 0) is 0 Å². The Hall–Kier alpha value is -1.44. The molecular formula is C16H3CaF31O2. The minimum absolute atomic E-state index is 0. The molecule has 0 radical (unpaired) electrons. The molecule has 0 amide bonds. The third-order valence-electron chi connectivity index (χ3n) is 5.75. The second-order valence-electron chi connectivity index (χ2n) is 8.84. The molecule has 2 nitrogen and oxygen atoms in total. The van der Waals surface area contributed by atoms with Crippen LogP contribution in [-0.4, -0.2) is 138 Å². The van der Waals surface area contributed by atoms with Gasteiger partial charge in [0.05, 0.1) is 0 Å². The smallest absolute Gasteiger partial charge is 1.00 e. The monoisotopic (exact) mass is 856 g/mol. The van der Waals surface area contributed by atoms with Crippen LogP contribution in [0.3, 0.4) is 0 Å². The SMILES string of the molecule is O=C(O)C(F)(F)C(F)(F)C(F)(F)C(F)(F)C(F)(F)C(F)(F)C(F)(F)C(F)(F)C(F)(F)C(F)(F)C(F)(F)C(F)(F)C(F)(F)C(F)(F)C(F)(F)F.[Ca+2].[H-].[H-]. The van der Waals surface area contributed by atoms with Crippen molar-refractivity contribution in [2.45, 2.75) is 89.1 Å². The van der Waals surface area contributed by atoms with E-state index in [0.29, 0.717) is 0 Å². The maximum Gasteiger partial charge on any atom is 2.00 e. The number of hydrogen-bond donors (Lipinski definition) is 1. The summed E-state index contributed by atoms with van der Waals surface area (Å²) >= 11 is 0. The van der Waals surface area contributed by atoms with Crippen LogP contribution in [0.1, 0.15) is 2.85 Å². The van der Waals surface area contributed by atoms with Gasteiger partial charge in [-0.15, -0.1) is 0 Å². The van der Waals surface area contributed by atoms with Crippen LogP contribution in [0.4, 0.5) is 136 Å². The molecule has 0 rings (SSSR count). The Kier molecular flexibility index (Phi) is 12.5. The van der Waals surface area contributed by atoms with Crippen molar-refractivity contribution in [3.8, 4) is 0 Å². The Bertz CT molecular complexity index is 1270. The van der Waals surface area contributed by atoms with Gasteiger partial charge in [0.1, 0.15) is 0 Å². The molecule has 0 bridgehead atoms. The quantitative estimate of drug-likeness (QED) is 0.140. The van der Waals surface area contributed by atoms with Gasteiger partial charge in [-0.1, -0.05) is 0 Å². The summed E-state index contributed by atoms with van der Waals surface area (Å²) in [5.41, 5.74) is 0. The fraction of sp³-hybridized carbons (Fsp3) is 0.938. The Morgan fingerprint density at radius 3 is 0.520 bits per heavy atom. The van der Waals surface area contributed by atoms with Crippen LogP contribution in [0, 0.1) is 0 Å². The molecule has 0 aromatic carbocycles. The van der Waals surface area contributed by atoms with Gasteiger partial charge in [0.25, 0.3) is 0 Å². The van der Waals surface area contributed by atoms with Crippen LogP contribution in [-0.2, 0) is 4.79 Å². The normalized spacial score (nSPS) is 16.7. The second kappa shape index (κ2) is 12.3. The Morgan fingerprint density at radius 2 is 0.400 bits per heavy atom. The first-order valence-electron chi connectivity index (χ1n) is 10.0. The van der Waals surface area contributed by atoms with Crippen molar-refractivity contribution in [3.63, 3.8) is 0 Å². The molecule has 0 fully saturated rings. The van der Waals surface area contributed by atoms with Crippen molar-refractivity contribution in [1.82, 2.24) is 0 Å². The van der Waals surface area contributed by atoms with E-state index in [1.54, 1.807) is 0 Å². The van der Waals surface area contributed by atoms with Crippen LogP contribution in [0.2, 0.25) is 0 Å². The number of alkyl halides is 31. The van der Waals surface area contributed by atoms with Gasteiger partial charge in [-0.25, -0.2) is 4.79 Å². The Balaban J connectivity index is -0.00000384. The summed E-state index contributed by atoms with van der Waals surface area (Å²) in [6.07, 6.45) is -8.36. The molecule has 0 aliphatic carbocycles. The molecule has 0 unspecified atom stereocenters. The summed E-state index contributed by atoms with van der Waals surface area (Å²) in [4.78, 5) is 9.92. The van der Waals surface area contributed by atoms with Gasteiger partial charge >= 0.3 is 133 Å². The van der Waals surface area contributed by atoms with E-state index in [0.717, 1.165) is 0 Å². The number of carboxylic acid groups (broad SMARTS) is 1. The van der Waals surface area contributed by atoms with Crippen molar-refractivity contribution in [2.75, 3.05) is 0 Å². The summed E-state index contributed by atoms with van der Waals surface area (Å²) in [6, 6.07) is 0. The molecule has 0 heterocycles. The predicted octanol–water partition coefficient (Wildman–Crippen LogP) is 9.37. The number of halogens is 31.